The Bertz CT molecular complexity index is 416. The fourth-order valence-corrected chi connectivity index (χ4v) is 3.39. The molecule has 3 heteroatoms. The predicted molar refractivity (Wildman–Crippen MR) is 90.0 cm³/mol. The number of rotatable bonds is 4. The third kappa shape index (κ3) is 3.63. The van der Waals surface area contributed by atoms with Gasteiger partial charge < -0.3 is 5.32 Å². The van der Waals surface area contributed by atoms with Gasteiger partial charge in [0, 0.05) is 35.7 Å². The fraction of sp³-hybridized carbons (Fsp3) is 0.647. The summed E-state index contributed by atoms with van der Waals surface area (Å²) >= 11 is 3.52. The number of hydrogen-bond donors (Lipinski definition) is 1. The summed E-state index contributed by atoms with van der Waals surface area (Å²) in [5.74, 6) is 0.679. The molecule has 0 saturated carbocycles. The molecule has 1 aromatic carbocycles. The zero-order valence-electron chi connectivity index (χ0n) is 13.1. The first kappa shape index (κ1) is 16.0. The third-order valence-corrected chi connectivity index (χ3v) is 5.11. The monoisotopic (exact) mass is 338 g/mol. The van der Waals surface area contributed by atoms with Crippen molar-refractivity contribution in [3.05, 3.63) is 34.3 Å². The van der Waals surface area contributed by atoms with E-state index in [1.165, 1.54) is 12.0 Å². The van der Waals surface area contributed by atoms with Gasteiger partial charge in [-0.15, -0.1) is 0 Å². The maximum absolute atomic E-state index is 3.70. The van der Waals surface area contributed by atoms with Gasteiger partial charge in [-0.05, 0) is 37.0 Å². The van der Waals surface area contributed by atoms with Crippen molar-refractivity contribution in [2.45, 2.75) is 52.2 Å². The molecule has 1 N–H and O–H groups in total. The van der Waals surface area contributed by atoms with Crippen LogP contribution in [0.1, 0.15) is 45.7 Å². The summed E-state index contributed by atoms with van der Waals surface area (Å²) in [6.45, 7) is 11.5. The standard InChI is InChI=1S/C17H27BrN2/c1-5-16-11-20(17(10-19-16)12(2)3)13(4)14-6-8-15(18)9-7-14/h6-9,12-13,16-17,19H,5,10-11H2,1-4H3. The van der Waals surface area contributed by atoms with Crippen LogP contribution in [-0.2, 0) is 0 Å². The van der Waals surface area contributed by atoms with E-state index in [0.717, 1.165) is 17.6 Å². The van der Waals surface area contributed by atoms with Crippen molar-refractivity contribution < 1.29 is 0 Å². The number of piperazine rings is 1. The maximum atomic E-state index is 3.70. The lowest BCUT2D eigenvalue weighted by atomic mass is 9.94. The Morgan fingerprint density at radius 3 is 2.45 bits per heavy atom. The summed E-state index contributed by atoms with van der Waals surface area (Å²) in [5, 5.41) is 3.70. The fourth-order valence-electron chi connectivity index (χ4n) is 3.13. The minimum Gasteiger partial charge on any atom is -0.311 e. The molecule has 0 amide bonds. The molecule has 20 heavy (non-hydrogen) atoms. The molecule has 1 saturated heterocycles. The highest BCUT2D eigenvalue weighted by atomic mass is 79.9. The van der Waals surface area contributed by atoms with Gasteiger partial charge in [-0.3, -0.25) is 4.90 Å². The van der Waals surface area contributed by atoms with Gasteiger partial charge in [-0.25, -0.2) is 0 Å². The molecule has 0 aromatic heterocycles. The molecule has 1 fully saturated rings. The van der Waals surface area contributed by atoms with Crippen molar-refractivity contribution in [1.82, 2.24) is 10.2 Å². The predicted octanol–water partition coefficient (Wildman–Crippen LogP) is 4.22. The number of halogens is 1. The second-order valence-corrected chi connectivity index (χ2v) is 7.16. The smallest absolute Gasteiger partial charge is 0.0324 e. The molecule has 0 radical (unpaired) electrons. The first-order valence-electron chi connectivity index (χ1n) is 7.77. The molecule has 112 valence electrons. The number of hydrogen-bond acceptors (Lipinski definition) is 2. The van der Waals surface area contributed by atoms with Crippen LogP contribution in [0.4, 0.5) is 0 Å². The molecule has 0 aliphatic carbocycles. The Kier molecular flexibility index (Phi) is 5.65. The van der Waals surface area contributed by atoms with Crippen LogP contribution in [0.2, 0.25) is 0 Å². The minimum absolute atomic E-state index is 0.478. The van der Waals surface area contributed by atoms with Gasteiger partial charge in [0.2, 0.25) is 0 Å². The van der Waals surface area contributed by atoms with E-state index in [4.69, 9.17) is 0 Å². The van der Waals surface area contributed by atoms with Gasteiger partial charge >= 0.3 is 0 Å². The minimum atomic E-state index is 0.478. The molecule has 2 nitrogen and oxygen atoms in total. The molecule has 1 aromatic rings. The van der Waals surface area contributed by atoms with Gasteiger partial charge in [0.15, 0.2) is 0 Å². The van der Waals surface area contributed by atoms with Crippen LogP contribution in [0.5, 0.6) is 0 Å². The van der Waals surface area contributed by atoms with Crippen molar-refractivity contribution in [1.29, 1.82) is 0 Å². The molecule has 3 unspecified atom stereocenters. The summed E-state index contributed by atoms with van der Waals surface area (Å²) in [6.07, 6.45) is 1.20. The average molecular weight is 339 g/mol. The van der Waals surface area contributed by atoms with Crippen molar-refractivity contribution in [3.63, 3.8) is 0 Å². The molecule has 0 spiro atoms. The summed E-state index contributed by atoms with van der Waals surface area (Å²) in [5.41, 5.74) is 1.41. The van der Waals surface area contributed by atoms with Gasteiger partial charge in [-0.2, -0.15) is 0 Å². The quantitative estimate of drug-likeness (QED) is 0.884. The highest BCUT2D eigenvalue weighted by Crippen LogP contribution is 2.28. The molecule has 1 aliphatic heterocycles. The number of nitrogens with one attached hydrogen (secondary N) is 1. The van der Waals surface area contributed by atoms with Crippen molar-refractivity contribution in [2.75, 3.05) is 13.1 Å². The van der Waals surface area contributed by atoms with Crippen LogP contribution in [0.3, 0.4) is 0 Å². The van der Waals surface area contributed by atoms with Crippen LogP contribution in [-0.4, -0.2) is 30.1 Å². The van der Waals surface area contributed by atoms with Crippen LogP contribution in [0.15, 0.2) is 28.7 Å². The first-order valence-corrected chi connectivity index (χ1v) is 8.56. The second-order valence-electron chi connectivity index (χ2n) is 6.25. The molecule has 1 aliphatic rings. The third-order valence-electron chi connectivity index (χ3n) is 4.59. The van der Waals surface area contributed by atoms with E-state index in [-0.39, 0.29) is 0 Å². The Labute approximate surface area is 132 Å². The summed E-state index contributed by atoms with van der Waals surface area (Å²) in [6, 6.07) is 10.5. The van der Waals surface area contributed by atoms with E-state index in [1.54, 1.807) is 0 Å². The largest absolute Gasteiger partial charge is 0.311 e. The Morgan fingerprint density at radius 2 is 1.90 bits per heavy atom. The van der Waals surface area contributed by atoms with Gasteiger partial charge in [-0.1, -0.05) is 48.8 Å². The lowest BCUT2D eigenvalue weighted by molar-refractivity contribution is 0.0610. The van der Waals surface area contributed by atoms with E-state index < -0.39 is 0 Å². The van der Waals surface area contributed by atoms with Crippen LogP contribution >= 0.6 is 15.9 Å². The lowest BCUT2D eigenvalue weighted by Gasteiger charge is -2.45. The van der Waals surface area contributed by atoms with Crippen molar-refractivity contribution in [3.8, 4) is 0 Å². The van der Waals surface area contributed by atoms with Crippen LogP contribution in [0, 0.1) is 5.92 Å². The van der Waals surface area contributed by atoms with Gasteiger partial charge in [0.25, 0.3) is 0 Å². The molecule has 1 heterocycles. The van der Waals surface area contributed by atoms with E-state index in [0.29, 0.717) is 24.0 Å². The molecular weight excluding hydrogens is 312 g/mol. The highest BCUT2D eigenvalue weighted by Gasteiger charge is 2.32. The summed E-state index contributed by atoms with van der Waals surface area (Å²) < 4.78 is 1.15. The van der Waals surface area contributed by atoms with E-state index in [1.807, 2.05) is 0 Å². The van der Waals surface area contributed by atoms with Gasteiger partial charge in [0.1, 0.15) is 0 Å². The topological polar surface area (TPSA) is 15.3 Å². The van der Waals surface area contributed by atoms with E-state index >= 15 is 0 Å². The van der Waals surface area contributed by atoms with Crippen molar-refractivity contribution in [2.24, 2.45) is 5.92 Å². The zero-order chi connectivity index (χ0) is 14.7. The molecule has 0 bridgehead atoms. The SMILES string of the molecule is CCC1CN(C(C)c2ccc(Br)cc2)C(C(C)C)CN1. The first-order chi connectivity index (χ1) is 9.52. The molecule has 3 atom stereocenters. The highest BCUT2D eigenvalue weighted by molar-refractivity contribution is 9.10. The number of nitrogens with zero attached hydrogens (tertiary/aromatic N) is 1. The van der Waals surface area contributed by atoms with E-state index in [2.05, 4.69) is 78.1 Å². The van der Waals surface area contributed by atoms with Crippen LogP contribution < -0.4 is 5.32 Å². The second kappa shape index (κ2) is 7.06. The Morgan fingerprint density at radius 1 is 1.25 bits per heavy atom. The Hall–Kier alpha value is -0.380. The normalized spacial score (nSPS) is 25.9. The van der Waals surface area contributed by atoms with Crippen LogP contribution in [0.25, 0.3) is 0 Å². The van der Waals surface area contributed by atoms with Crippen molar-refractivity contribution >= 4 is 15.9 Å². The zero-order valence-corrected chi connectivity index (χ0v) is 14.7. The number of benzene rings is 1. The average Bonchev–Trinajstić information content (AvgIpc) is 2.46. The van der Waals surface area contributed by atoms with E-state index in [9.17, 15) is 0 Å². The molecule has 2 rings (SSSR count). The summed E-state index contributed by atoms with van der Waals surface area (Å²) in [4.78, 5) is 2.69. The lowest BCUT2D eigenvalue weighted by Crippen LogP contribution is -2.58. The Balaban J connectivity index is 2.18. The molecular formula is C17H27BrN2. The summed E-state index contributed by atoms with van der Waals surface area (Å²) in [7, 11) is 0. The maximum Gasteiger partial charge on any atom is 0.0324 e. The van der Waals surface area contributed by atoms with Gasteiger partial charge in [0.05, 0.1) is 0 Å².